The third-order valence-electron chi connectivity index (χ3n) is 4.00. The molecule has 0 fully saturated rings. The number of fused-ring (bicyclic) bond motifs is 2. The van der Waals surface area contributed by atoms with Crippen molar-refractivity contribution in [2.75, 3.05) is 0 Å². The molecule has 1 aliphatic rings. The fourth-order valence-corrected chi connectivity index (χ4v) is 2.95. The predicted octanol–water partition coefficient (Wildman–Crippen LogP) is 3.76. The number of phenolic OH excluding ortho intramolecular Hbond substituents is 1. The molecule has 0 radical (unpaired) electrons. The molecule has 1 N–H and O–H groups in total. The van der Waals surface area contributed by atoms with Gasteiger partial charge in [0, 0.05) is 34.7 Å². The van der Waals surface area contributed by atoms with E-state index < -0.39 is 0 Å². The number of nitrogens with zero attached hydrogens (tertiary/aromatic N) is 1. The molecule has 22 heavy (non-hydrogen) atoms. The van der Waals surface area contributed by atoms with E-state index in [9.17, 15) is 9.90 Å². The first-order valence-corrected chi connectivity index (χ1v) is 7.13. The van der Waals surface area contributed by atoms with Gasteiger partial charge in [-0.2, -0.15) is 0 Å². The SMILES string of the molecule is O=C1/C(=C/c2cccc3cccnc23)Cc2cc(O)ccc21. The van der Waals surface area contributed by atoms with Crippen molar-refractivity contribution in [3.8, 4) is 5.75 Å². The summed E-state index contributed by atoms with van der Waals surface area (Å²) in [5, 5.41) is 10.6. The minimum atomic E-state index is 0.0305. The fraction of sp³-hybridized carbons (Fsp3) is 0.0526. The summed E-state index contributed by atoms with van der Waals surface area (Å²) in [4.78, 5) is 16.9. The van der Waals surface area contributed by atoms with E-state index in [1.807, 2.05) is 36.4 Å². The molecule has 0 bridgehead atoms. The molecule has 106 valence electrons. The second kappa shape index (κ2) is 4.81. The highest BCUT2D eigenvalue weighted by Crippen LogP contribution is 2.31. The molecule has 3 nitrogen and oxygen atoms in total. The highest BCUT2D eigenvalue weighted by molar-refractivity contribution is 6.16. The van der Waals surface area contributed by atoms with Gasteiger partial charge in [0.1, 0.15) is 5.75 Å². The van der Waals surface area contributed by atoms with Crippen LogP contribution in [0.1, 0.15) is 21.5 Å². The topological polar surface area (TPSA) is 50.2 Å². The van der Waals surface area contributed by atoms with Crippen molar-refractivity contribution in [1.82, 2.24) is 4.98 Å². The minimum Gasteiger partial charge on any atom is -0.508 e. The zero-order valence-corrected chi connectivity index (χ0v) is 11.8. The van der Waals surface area contributed by atoms with Crippen molar-refractivity contribution < 1.29 is 9.90 Å². The van der Waals surface area contributed by atoms with Crippen LogP contribution >= 0.6 is 0 Å². The molecule has 0 saturated heterocycles. The van der Waals surface area contributed by atoms with Crippen molar-refractivity contribution >= 4 is 22.8 Å². The van der Waals surface area contributed by atoms with E-state index >= 15 is 0 Å². The zero-order valence-electron chi connectivity index (χ0n) is 11.8. The van der Waals surface area contributed by atoms with Gasteiger partial charge in [-0.15, -0.1) is 0 Å². The molecule has 4 rings (SSSR count). The van der Waals surface area contributed by atoms with Crippen LogP contribution in [0.15, 0.2) is 60.3 Å². The van der Waals surface area contributed by atoms with Gasteiger partial charge in [-0.05, 0) is 35.9 Å². The quantitative estimate of drug-likeness (QED) is 0.693. The molecular formula is C19H13NO2. The Morgan fingerprint density at radius 3 is 2.86 bits per heavy atom. The number of phenols is 1. The third-order valence-corrected chi connectivity index (χ3v) is 4.00. The molecule has 0 aliphatic heterocycles. The molecule has 3 aromatic rings. The van der Waals surface area contributed by atoms with E-state index in [2.05, 4.69) is 4.98 Å². The van der Waals surface area contributed by atoms with Crippen molar-refractivity contribution in [1.29, 1.82) is 0 Å². The van der Waals surface area contributed by atoms with Crippen LogP contribution in [0.4, 0.5) is 0 Å². The highest BCUT2D eigenvalue weighted by atomic mass is 16.3. The Bertz CT molecular complexity index is 936. The largest absolute Gasteiger partial charge is 0.508 e. The average Bonchev–Trinajstić information content (AvgIpc) is 2.83. The summed E-state index contributed by atoms with van der Waals surface area (Å²) >= 11 is 0. The molecule has 1 heterocycles. The number of hydrogen-bond acceptors (Lipinski definition) is 3. The molecule has 0 spiro atoms. The van der Waals surface area contributed by atoms with Crippen LogP contribution in [-0.2, 0) is 6.42 Å². The Labute approximate surface area is 127 Å². The fourth-order valence-electron chi connectivity index (χ4n) is 2.95. The molecule has 2 aromatic carbocycles. The summed E-state index contributed by atoms with van der Waals surface area (Å²) < 4.78 is 0. The van der Waals surface area contributed by atoms with Gasteiger partial charge in [-0.25, -0.2) is 0 Å². The van der Waals surface area contributed by atoms with E-state index in [4.69, 9.17) is 0 Å². The maximum absolute atomic E-state index is 12.5. The second-order valence-corrected chi connectivity index (χ2v) is 5.44. The zero-order chi connectivity index (χ0) is 15.1. The Morgan fingerprint density at radius 2 is 1.95 bits per heavy atom. The van der Waals surface area contributed by atoms with E-state index in [-0.39, 0.29) is 11.5 Å². The van der Waals surface area contributed by atoms with Crippen LogP contribution in [0.3, 0.4) is 0 Å². The number of hydrogen-bond donors (Lipinski definition) is 1. The van der Waals surface area contributed by atoms with E-state index in [1.54, 1.807) is 24.4 Å². The molecule has 0 unspecified atom stereocenters. The Kier molecular flexibility index (Phi) is 2.79. The Balaban J connectivity index is 1.82. The Morgan fingerprint density at radius 1 is 1.09 bits per heavy atom. The first kappa shape index (κ1) is 12.8. The number of para-hydroxylation sites is 1. The number of carbonyl (C=O) groups is 1. The molecular weight excluding hydrogens is 274 g/mol. The van der Waals surface area contributed by atoms with Crippen molar-refractivity contribution in [2.45, 2.75) is 6.42 Å². The van der Waals surface area contributed by atoms with Crippen LogP contribution in [0.2, 0.25) is 0 Å². The lowest BCUT2D eigenvalue weighted by atomic mass is 10.0. The predicted molar refractivity (Wildman–Crippen MR) is 85.9 cm³/mol. The van der Waals surface area contributed by atoms with Crippen molar-refractivity contribution in [3.05, 3.63) is 77.0 Å². The average molecular weight is 287 g/mol. The molecule has 1 aromatic heterocycles. The summed E-state index contributed by atoms with van der Waals surface area (Å²) in [5.41, 5.74) is 4.13. The van der Waals surface area contributed by atoms with E-state index in [1.165, 1.54) is 0 Å². The number of benzene rings is 2. The van der Waals surface area contributed by atoms with Crippen LogP contribution < -0.4 is 0 Å². The lowest BCUT2D eigenvalue weighted by Gasteiger charge is -2.02. The molecule has 3 heteroatoms. The maximum Gasteiger partial charge on any atom is 0.189 e. The summed E-state index contributed by atoms with van der Waals surface area (Å²) in [7, 11) is 0. The number of allylic oxidation sites excluding steroid dienone is 1. The van der Waals surface area contributed by atoms with Gasteiger partial charge in [0.15, 0.2) is 5.78 Å². The first-order valence-electron chi connectivity index (χ1n) is 7.13. The second-order valence-electron chi connectivity index (χ2n) is 5.44. The summed E-state index contributed by atoms with van der Waals surface area (Å²) in [6, 6.07) is 14.8. The smallest absolute Gasteiger partial charge is 0.189 e. The van der Waals surface area contributed by atoms with Crippen molar-refractivity contribution in [3.63, 3.8) is 0 Å². The Hall–Kier alpha value is -2.94. The monoisotopic (exact) mass is 287 g/mol. The summed E-state index contributed by atoms with van der Waals surface area (Å²) in [6.07, 6.45) is 4.22. The number of rotatable bonds is 1. The third kappa shape index (κ3) is 1.99. The van der Waals surface area contributed by atoms with Crippen LogP contribution in [0.25, 0.3) is 17.0 Å². The van der Waals surface area contributed by atoms with Crippen LogP contribution in [0.5, 0.6) is 5.75 Å². The van der Waals surface area contributed by atoms with E-state index in [0.717, 1.165) is 27.6 Å². The number of ketones is 1. The summed E-state index contributed by atoms with van der Waals surface area (Å²) in [5.74, 6) is 0.225. The standard InChI is InChI=1S/C19H13NO2/c21-16-6-7-17-14(11-16)10-15(19(17)22)9-13-4-1-3-12-5-2-8-20-18(12)13/h1-9,11,21H,10H2/b15-9+. The van der Waals surface area contributed by atoms with Gasteiger partial charge >= 0.3 is 0 Å². The van der Waals surface area contributed by atoms with Gasteiger partial charge in [0.05, 0.1) is 5.52 Å². The lowest BCUT2D eigenvalue weighted by molar-refractivity contribution is 0.104. The van der Waals surface area contributed by atoms with Gasteiger partial charge in [0.2, 0.25) is 0 Å². The van der Waals surface area contributed by atoms with E-state index in [0.29, 0.717) is 12.0 Å². The normalized spacial score (nSPS) is 15.5. The molecule has 0 saturated carbocycles. The number of aromatic nitrogens is 1. The molecule has 0 atom stereocenters. The van der Waals surface area contributed by atoms with Gasteiger partial charge in [-0.3, -0.25) is 9.78 Å². The number of aromatic hydroxyl groups is 1. The highest BCUT2D eigenvalue weighted by Gasteiger charge is 2.25. The van der Waals surface area contributed by atoms with Gasteiger partial charge in [0.25, 0.3) is 0 Å². The van der Waals surface area contributed by atoms with Crippen LogP contribution in [-0.4, -0.2) is 15.9 Å². The first-order chi connectivity index (χ1) is 10.7. The van der Waals surface area contributed by atoms with Crippen LogP contribution in [0, 0.1) is 0 Å². The summed E-state index contributed by atoms with van der Waals surface area (Å²) in [6.45, 7) is 0. The number of pyridine rings is 1. The minimum absolute atomic E-state index is 0.0305. The number of Topliss-reactive ketones (excluding diaryl/α,β-unsaturated/α-hetero) is 1. The van der Waals surface area contributed by atoms with Gasteiger partial charge < -0.3 is 5.11 Å². The lowest BCUT2D eigenvalue weighted by Crippen LogP contribution is -1.95. The maximum atomic E-state index is 12.5. The number of carbonyl (C=O) groups excluding carboxylic acids is 1. The van der Waals surface area contributed by atoms with Gasteiger partial charge in [-0.1, -0.05) is 24.3 Å². The molecule has 1 aliphatic carbocycles. The van der Waals surface area contributed by atoms with Crippen molar-refractivity contribution in [2.24, 2.45) is 0 Å². The molecule has 0 amide bonds.